The third-order valence-corrected chi connectivity index (χ3v) is 1.99. The number of rotatable bonds is 8. The summed E-state index contributed by atoms with van der Waals surface area (Å²) in [6, 6.07) is -1.13. The van der Waals surface area contributed by atoms with Crippen LogP contribution in [0.5, 0.6) is 0 Å². The molecule has 0 radical (unpaired) electrons. The molecule has 9 nitrogen and oxygen atoms in total. The number of amides is 3. The second kappa shape index (κ2) is 7.22. The molecular formula is C9H16N4O5. The number of nitrogens with zero attached hydrogens (tertiary/aromatic N) is 1. The van der Waals surface area contributed by atoms with E-state index < -0.39 is 42.8 Å². The molecule has 1 atom stereocenters. The molecule has 9 heteroatoms. The second-order valence-corrected chi connectivity index (χ2v) is 3.67. The lowest BCUT2D eigenvalue weighted by atomic mass is 10.1. The van der Waals surface area contributed by atoms with Gasteiger partial charge in [-0.1, -0.05) is 0 Å². The van der Waals surface area contributed by atoms with Gasteiger partial charge in [-0.2, -0.15) is 0 Å². The lowest BCUT2D eigenvalue weighted by Crippen LogP contribution is -2.50. The van der Waals surface area contributed by atoms with Crippen molar-refractivity contribution in [3.05, 3.63) is 0 Å². The summed E-state index contributed by atoms with van der Waals surface area (Å²) >= 11 is 0. The molecule has 0 aromatic heterocycles. The van der Waals surface area contributed by atoms with Gasteiger partial charge in [0, 0.05) is 6.42 Å². The fourth-order valence-electron chi connectivity index (χ4n) is 1.22. The predicted molar refractivity (Wildman–Crippen MR) is 59.8 cm³/mol. The highest BCUT2D eigenvalue weighted by Crippen LogP contribution is 2.00. The number of carbonyl (C=O) groups excluding carboxylic acids is 3. The van der Waals surface area contributed by atoms with Crippen LogP contribution in [-0.4, -0.2) is 52.8 Å². The molecular weight excluding hydrogens is 244 g/mol. The molecule has 0 spiro atoms. The van der Waals surface area contributed by atoms with Crippen LogP contribution in [0, 0.1) is 0 Å². The number of nitrogens with two attached hydrogens (primary N) is 3. The Kier molecular flexibility index (Phi) is 6.35. The lowest BCUT2D eigenvalue weighted by Gasteiger charge is -2.22. The first-order valence-corrected chi connectivity index (χ1v) is 5.06. The number of hydrogen-bond donors (Lipinski definition) is 4. The Bertz CT molecular complexity index is 341. The molecule has 0 saturated heterocycles. The molecule has 102 valence electrons. The quantitative estimate of drug-likeness (QED) is 0.361. The summed E-state index contributed by atoms with van der Waals surface area (Å²) < 4.78 is 0. The summed E-state index contributed by atoms with van der Waals surface area (Å²) in [5.41, 5.74) is 15.3. The van der Waals surface area contributed by atoms with Gasteiger partial charge in [0.1, 0.15) is 0 Å². The Balaban J connectivity index is 4.56. The van der Waals surface area contributed by atoms with Gasteiger partial charge in [-0.25, -0.2) is 0 Å². The Morgan fingerprint density at radius 2 is 1.50 bits per heavy atom. The minimum atomic E-state index is -1.13. The summed E-state index contributed by atoms with van der Waals surface area (Å²) in [5.74, 6) is -3.49. The standard InChI is InChI=1S/C9H16N4O5/c10-5(1-2-8(16)17)9(18)13(3-6(11)14)4-7(12)15/h5H,1-4,10H2,(H2,11,14)(H2,12,15)(H,16,17). The molecule has 3 amide bonds. The van der Waals surface area contributed by atoms with Crippen molar-refractivity contribution in [1.29, 1.82) is 0 Å². The lowest BCUT2D eigenvalue weighted by molar-refractivity contribution is -0.140. The Morgan fingerprint density at radius 3 is 1.83 bits per heavy atom. The summed E-state index contributed by atoms with van der Waals surface area (Å²) in [6.07, 6.45) is -0.407. The SMILES string of the molecule is NC(=O)CN(CC(N)=O)C(=O)C(N)CCC(=O)O. The van der Waals surface area contributed by atoms with E-state index in [4.69, 9.17) is 22.3 Å². The van der Waals surface area contributed by atoms with E-state index in [-0.39, 0.29) is 12.8 Å². The number of carboxylic acids is 1. The minimum absolute atomic E-state index is 0.109. The average Bonchev–Trinajstić information content (AvgIpc) is 2.22. The average molecular weight is 260 g/mol. The van der Waals surface area contributed by atoms with Gasteiger partial charge in [0.15, 0.2) is 0 Å². The Hall–Kier alpha value is -2.16. The number of hydrogen-bond acceptors (Lipinski definition) is 5. The molecule has 18 heavy (non-hydrogen) atoms. The molecule has 0 heterocycles. The van der Waals surface area contributed by atoms with Crippen molar-refractivity contribution in [2.45, 2.75) is 18.9 Å². The Labute approximate surface area is 103 Å². The van der Waals surface area contributed by atoms with Crippen LogP contribution in [0.1, 0.15) is 12.8 Å². The highest BCUT2D eigenvalue weighted by Gasteiger charge is 2.24. The van der Waals surface area contributed by atoms with Crippen molar-refractivity contribution in [3.63, 3.8) is 0 Å². The molecule has 0 aliphatic rings. The van der Waals surface area contributed by atoms with Gasteiger partial charge in [-0.3, -0.25) is 19.2 Å². The van der Waals surface area contributed by atoms with E-state index in [1.165, 1.54) is 0 Å². The van der Waals surface area contributed by atoms with E-state index in [1.54, 1.807) is 0 Å². The fourth-order valence-corrected chi connectivity index (χ4v) is 1.22. The zero-order valence-corrected chi connectivity index (χ0v) is 9.67. The smallest absolute Gasteiger partial charge is 0.303 e. The molecule has 7 N–H and O–H groups in total. The van der Waals surface area contributed by atoms with Crippen molar-refractivity contribution in [2.24, 2.45) is 17.2 Å². The zero-order chi connectivity index (χ0) is 14.3. The highest BCUT2D eigenvalue weighted by atomic mass is 16.4. The van der Waals surface area contributed by atoms with E-state index in [2.05, 4.69) is 0 Å². The van der Waals surface area contributed by atoms with Crippen LogP contribution in [0.3, 0.4) is 0 Å². The normalized spacial score (nSPS) is 11.6. The minimum Gasteiger partial charge on any atom is -0.481 e. The first-order chi connectivity index (χ1) is 8.23. The van der Waals surface area contributed by atoms with Crippen molar-refractivity contribution >= 4 is 23.7 Å². The maximum atomic E-state index is 11.7. The number of aliphatic carboxylic acids is 1. The van der Waals surface area contributed by atoms with E-state index >= 15 is 0 Å². The predicted octanol–water partition coefficient (Wildman–Crippen LogP) is -3.02. The second-order valence-electron chi connectivity index (χ2n) is 3.67. The van der Waals surface area contributed by atoms with Crippen LogP contribution in [-0.2, 0) is 19.2 Å². The number of carboxylic acid groups (broad SMARTS) is 1. The molecule has 0 saturated carbocycles. The fraction of sp³-hybridized carbons (Fsp3) is 0.556. The third-order valence-electron chi connectivity index (χ3n) is 1.99. The van der Waals surface area contributed by atoms with Gasteiger partial charge in [0.05, 0.1) is 19.1 Å². The van der Waals surface area contributed by atoms with Crippen molar-refractivity contribution < 1.29 is 24.3 Å². The van der Waals surface area contributed by atoms with E-state index in [0.29, 0.717) is 0 Å². The molecule has 0 aromatic carbocycles. The molecule has 0 aromatic rings. The number of carbonyl (C=O) groups is 4. The first-order valence-electron chi connectivity index (χ1n) is 5.06. The van der Waals surface area contributed by atoms with Crippen LogP contribution < -0.4 is 17.2 Å². The van der Waals surface area contributed by atoms with Crippen molar-refractivity contribution in [1.82, 2.24) is 4.90 Å². The van der Waals surface area contributed by atoms with E-state index in [1.807, 2.05) is 0 Å². The van der Waals surface area contributed by atoms with Crippen LogP contribution >= 0.6 is 0 Å². The van der Waals surface area contributed by atoms with Crippen LogP contribution in [0.15, 0.2) is 0 Å². The summed E-state index contributed by atoms with van der Waals surface area (Å²) in [6.45, 7) is -0.995. The molecule has 0 aliphatic carbocycles. The van der Waals surface area contributed by atoms with Crippen LogP contribution in [0.4, 0.5) is 0 Å². The van der Waals surface area contributed by atoms with Gasteiger partial charge in [-0.05, 0) is 6.42 Å². The maximum absolute atomic E-state index is 11.7. The number of primary amides is 2. The van der Waals surface area contributed by atoms with Gasteiger partial charge < -0.3 is 27.2 Å². The molecule has 0 fully saturated rings. The van der Waals surface area contributed by atoms with Gasteiger partial charge in [0.2, 0.25) is 17.7 Å². The zero-order valence-electron chi connectivity index (χ0n) is 9.67. The molecule has 0 rings (SSSR count). The molecule has 0 bridgehead atoms. The van der Waals surface area contributed by atoms with Crippen molar-refractivity contribution in [2.75, 3.05) is 13.1 Å². The van der Waals surface area contributed by atoms with E-state index in [0.717, 1.165) is 4.90 Å². The van der Waals surface area contributed by atoms with Gasteiger partial charge >= 0.3 is 5.97 Å². The monoisotopic (exact) mass is 260 g/mol. The Morgan fingerprint density at radius 1 is 1.06 bits per heavy atom. The summed E-state index contributed by atoms with van der Waals surface area (Å²) in [5, 5.41) is 8.44. The van der Waals surface area contributed by atoms with E-state index in [9.17, 15) is 19.2 Å². The van der Waals surface area contributed by atoms with Crippen LogP contribution in [0.25, 0.3) is 0 Å². The maximum Gasteiger partial charge on any atom is 0.303 e. The summed E-state index contributed by atoms with van der Waals surface area (Å²) in [4.78, 5) is 44.3. The largest absolute Gasteiger partial charge is 0.481 e. The van der Waals surface area contributed by atoms with Crippen LogP contribution in [0.2, 0.25) is 0 Å². The topological polar surface area (TPSA) is 170 Å². The van der Waals surface area contributed by atoms with Gasteiger partial charge in [-0.15, -0.1) is 0 Å². The highest BCUT2D eigenvalue weighted by molar-refractivity contribution is 5.90. The summed E-state index contributed by atoms with van der Waals surface area (Å²) in [7, 11) is 0. The first kappa shape index (κ1) is 15.8. The molecule has 0 aliphatic heterocycles. The third kappa shape index (κ3) is 6.43. The van der Waals surface area contributed by atoms with Gasteiger partial charge in [0.25, 0.3) is 0 Å². The van der Waals surface area contributed by atoms with Crippen molar-refractivity contribution in [3.8, 4) is 0 Å². The molecule has 1 unspecified atom stereocenters.